The molecule has 2 heterocycles. The summed E-state index contributed by atoms with van der Waals surface area (Å²) in [7, 11) is 0. The highest BCUT2D eigenvalue weighted by atomic mass is 14.9. The number of hydrogen-bond donors (Lipinski definition) is 3. The topological polar surface area (TPSA) is 76.5 Å². The Balaban J connectivity index is 1.34. The third-order valence-electron chi connectivity index (χ3n) is 4.72. The molecule has 0 radical (unpaired) electrons. The molecule has 0 spiro atoms. The first-order chi connectivity index (χ1) is 14.3. The molecule has 5 heteroatoms. The number of aromatic nitrogens is 2. The van der Waals surface area contributed by atoms with Gasteiger partial charge in [0.05, 0.1) is 6.07 Å². The van der Waals surface area contributed by atoms with Crippen molar-refractivity contribution in [3.63, 3.8) is 0 Å². The average molecular weight is 379 g/mol. The van der Waals surface area contributed by atoms with Crippen LogP contribution in [0.1, 0.15) is 11.1 Å². The maximum absolute atomic E-state index is 8.66. The van der Waals surface area contributed by atoms with E-state index in [-0.39, 0.29) is 0 Å². The van der Waals surface area contributed by atoms with Gasteiger partial charge in [0.25, 0.3) is 0 Å². The molecule has 2 aromatic heterocycles. The van der Waals surface area contributed by atoms with Gasteiger partial charge < -0.3 is 15.6 Å². The normalized spacial score (nSPS) is 10.9. The number of fused-ring (bicyclic) bond motifs is 1. The van der Waals surface area contributed by atoms with E-state index in [0.29, 0.717) is 0 Å². The van der Waals surface area contributed by atoms with Gasteiger partial charge in [-0.2, -0.15) is 5.26 Å². The van der Waals surface area contributed by atoms with Gasteiger partial charge in [0.2, 0.25) is 0 Å². The number of aromatic amines is 1. The second kappa shape index (κ2) is 8.77. The van der Waals surface area contributed by atoms with Crippen LogP contribution >= 0.6 is 0 Å². The molecule has 142 valence electrons. The largest absolute Gasteiger partial charge is 0.385 e. The smallest absolute Gasteiger partial charge is 0.0912 e. The predicted octanol–water partition coefficient (Wildman–Crippen LogP) is 5.50. The monoisotopic (exact) mass is 379 g/mol. The summed E-state index contributed by atoms with van der Waals surface area (Å²) in [6.45, 7) is 0.847. The van der Waals surface area contributed by atoms with Crippen LogP contribution in [0.4, 0.5) is 17.1 Å². The minimum absolute atomic E-state index is 0.847. The van der Waals surface area contributed by atoms with Gasteiger partial charge in [-0.15, -0.1) is 0 Å². The highest BCUT2D eigenvalue weighted by Crippen LogP contribution is 2.22. The highest BCUT2D eigenvalue weighted by molar-refractivity contribution is 5.85. The van der Waals surface area contributed by atoms with Crippen molar-refractivity contribution < 1.29 is 0 Å². The molecule has 29 heavy (non-hydrogen) atoms. The van der Waals surface area contributed by atoms with Crippen molar-refractivity contribution in [2.24, 2.45) is 0 Å². The summed E-state index contributed by atoms with van der Waals surface area (Å²) in [5.74, 6) is 0. The van der Waals surface area contributed by atoms with E-state index in [1.165, 1.54) is 17.0 Å². The number of pyridine rings is 1. The van der Waals surface area contributed by atoms with E-state index in [9.17, 15) is 0 Å². The average Bonchev–Trinajstić information content (AvgIpc) is 3.16. The molecule has 0 saturated carbocycles. The van der Waals surface area contributed by atoms with Crippen molar-refractivity contribution in [2.75, 3.05) is 17.2 Å². The first-order valence-electron chi connectivity index (χ1n) is 9.49. The van der Waals surface area contributed by atoms with Gasteiger partial charge in [0.15, 0.2) is 0 Å². The number of nitrogens with one attached hydrogen (secondary N) is 3. The molecular formula is C24H21N5. The molecule has 0 aliphatic heterocycles. The van der Waals surface area contributed by atoms with Gasteiger partial charge in [-0.1, -0.05) is 12.1 Å². The van der Waals surface area contributed by atoms with Gasteiger partial charge in [0.1, 0.15) is 0 Å². The van der Waals surface area contributed by atoms with E-state index in [2.05, 4.69) is 63.2 Å². The van der Waals surface area contributed by atoms with Crippen LogP contribution in [0.2, 0.25) is 0 Å². The summed E-state index contributed by atoms with van der Waals surface area (Å²) in [5.41, 5.74) is 6.54. The summed E-state index contributed by atoms with van der Waals surface area (Å²) in [4.78, 5) is 7.35. The summed E-state index contributed by atoms with van der Waals surface area (Å²) < 4.78 is 0. The lowest BCUT2D eigenvalue weighted by atomic mass is 10.1. The van der Waals surface area contributed by atoms with Crippen LogP contribution in [0.15, 0.2) is 79.3 Å². The Kier molecular flexibility index (Phi) is 5.54. The number of hydrogen-bond acceptors (Lipinski definition) is 4. The number of nitriles is 1. The number of nitrogens with zero attached hydrogens (tertiary/aromatic N) is 2. The van der Waals surface area contributed by atoms with Crippen LogP contribution in [-0.2, 0) is 6.42 Å². The Morgan fingerprint density at radius 2 is 1.72 bits per heavy atom. The molecule has 3 N–H and O–H groups in total. The Hall–Kier alpha value is -4.04. The number of anilines is 3. The molecule has 0 amide bonds. The van der Waals surface area contributed by atoms with Crippen LogP contribution in [0.25, 0.3) is 17.0 Å². The summed E-state index contributed by atoms with van der Waals surface area (Å²) in [5, 5.41) is 16.7. The van der Waals surface area contributed by atoms with Crippen LogP contribution < -0.4 is 10.6 Å². The Morgan fingerprint density at radius 1 is 0.966 bits per heavy atom. The van der Waals surface area contributed by atoms with Crippen molar-refractivity contribution in [2.45, 2.75) is 6.42 Å². The first kappa shape index (κ1) is 18.3. The Bertz CT molecular complexity index is 1150. The van der Waals surface area contributed by atoms with Crippen LogP contribution in [0.5, 0.6) is 0 Å². The molecule has 0 bridgehead atoms. The van der Waals surface area contributed by atoms with Gasteiger partial charge in [-0.3, -0.25) is 4.98 Å². The molecular weight excluding hydrogens is 358 g/mol. The van der Waals surface area contributed by atoms with E-state index in [1.54, 1.807) is 12.4 Å². The lowest BCUT2D eigenvalue weighted by Crippen LogP contribution is -2.04. The zero-order valence-corrected chi connectivity index (χ0v) is 15.9. The lowest BCUT2D eigenvalue weighted by Gasteiger charge is -2.09. The number of rotatable bonds is 7. The van der Waals surface area contributed by atoms with E-state index < -0.39 is 0 Å². The van der Waals surface area contributed by atoms with Gasteiger partial charge >= 0.3 is 0 Å². The number of allylic oxidation sites excluding steroid dienone is 1. The quantitative estimate of drug-likeness (QED) is 0.371. The van der Waals surface area contributed by atoms with Gasteiger partial charge in [-0.05, 0) is 66.1 Å². The molecule has 0 aliphatic carbocycles. The standard InChI is InChI=1S/C24H21N5/c25-12-1-2-18-3-8-23-19(17-28-24(23)16-18)9-15-27-20-4-6-21(7-5-20)29-22-10-13-26-14-11-22/h1-8,10-11,13-14,16-17,27-28H,9,15H2,(H,26,29). The summed E-state index contributed by atoms with van der Waals surface area (Å²) in [6, 6.07) is 20.4. The number of H-pyrrole nitrogens is 1. The number of benzene rings is 2. The van der Waals surface area contributed by atoms with Crippen LogP contribution in [-0.4, -0.2) is 16.5 Å². The van der Waals surface area contributed by atoms with E-state index in [4.69, 9.17) is 5.26 Å². The summed E-state index contributed by atoms with van der Waals surface area (Å²) >= 11 is 0. The molecule has 0 fully saturated rings. The van der Waals surface area contributed by atoms with Gasteiger partial charge in [-0.25, -0.2) is 0 Å². The second-order valence-electron chi connectivity index (χ2n) is 6.70. The molecule has 2 aromatic carbocycles. The van der Waals surface area contributed by atoms with Crippen molar-refractivity contribution in [3.8, 4) is 6.07 Å². The van der Waals surface area contributed by atoms with Crippen molar-refractivity contribution >= 4 is 34.0 Å². The third kappa shape index (κ3) is 4.63. The third-order valence-corrected chi connectivity index (χ3v) is 4.72. The van der Waals surface area contributed by atoms with Crippen molar-refractivity contribution in [1.29, 1.82) is 5.26 Å². The molecule has 0 unspecified atom stereocenters. The molecule has 5 nitrogen and oxygen atoms in total. The minimum Gasteiger partial charge on any atom is -0.385 e. The lowest BCUT2D eigenvalue weighted by molar-refractivity contribution is 1.03. The molecule has 0 aliphatic rings. The maximum atomic E-state index is 8.66. The highest BCUT2D eigenvalue weighted by Gasteiger charge is 2.04. The van der Waals surface area contributed by atoms with Crippen molar-refractivity contribution in [1.82, 2.24) is 9.97 Å². The van der Waals surface area contributed by atoms with E-state index in [1.807, 2.05) is 30.3 Å². The fraction of sp³-hybridized carbons (Fsp3) is 0.0833. The second-order valence-corrected chi connectivity index (χ2v) is 6.70. The zero-order chi connectivity index (χ0) is 19.9. The first-order valence-corrected chi connectivity index (χ1v) is 9.49. The maximum Gasteiger partial charge on any atom is 0.0912 e. The molecule has 0 saturated heterocycles. The molecule has 0 atom stereocenters. The molecule has 4 aromatic rings. The summed E-state index contributed by atoms with van der Waals surface area (Å²) in [6.07, 6.45) is 9.83. The predicted molar refractivity (Wildman–Crippen MR) is 119 cm³/mol. The fourth-order valence-electron chi connectivity index (χ4n) is 3.26. The molecule has 4 rings (SSSR count). The fourth-order valence-corrected chi connectivity index (χ4v) is 3.26. The van der Waals surface area contributed by atoms with Crippen LogP contribution in [0.3, 0.4) is 0 Å². The van der Waals surface area contributed by atoms with E-state index in [0.717, 1.165) is 41.1 Å². The van der Waals surface area contributed by atoms with Crippen LogP contribution in [0, 0.1) is 11.3 Å². The van der Waals surface area contributed by atoms with Crippen molar-refractivity contribution in [3.05, 3.63) is 90.4 Å². The Labute approximate surface area is 169 Å². The SMILES string of the molecule is N#CC=Cc1ccc2c(CCNc3ccc(Nc4ccncc4)cc3)c[nH]c2c1. The van der Waals surface area contributed by atoms with Gasteiger partial charge in [0, 0.05) is 59.2 Å². The zero-order valence-electron chi connectivity index (χ0n) is 15.9. The Morgan fingerprint density at radius 3 is 2.52 bits per heavy atom. The minimum atomic E-state index is 0.847. The van der Waals surface area contributed by atoms with E-state index >= 15 is 0 Å².